The molecule has 1 aromatic heterocycles. The maximum Gasteiger partial charge on any atom is 0.220 e. The maximum absolute atomic E-state index is 12.6. The molecule has 0 bridgehead atoms. The third-order valence-corrected chi connectivity index (χ3v) is 5.34. The van der Waals surface area contributed by atoms with Gasteiger partial charge < -0.3 is 10.1 Å². The number of nitrogens with zero attached hydrogens (tertiary/aromatic N) is 1. The minimum Gasteiger partial charge on any atom is -0.378 e. The van der Waals surface area contributed by atoms with Gasteiger partial charge in [0.05, 0.1) is 6.10 Å². The van der Waals surface area contributed by atoms with E-state index in [-0.39, 0.29) is 17.4 Å². The zero-order valence-corrected chi connectivity index (χ0v) is 16.3. The SMILES string of the molecule is CC(C)CC[C@@]1(CC(=O)NCc2cccnc2)CCO[C@@H](C(C)C)C1. The lowest BCUT2D eigenvalue weighted by molar-refractivity contribution is -0.129. The Labute approximate surface area is 152 Å². The molecule has 2 atom stereocenters. The highest BCUT2D eigenvalue weighted by Gasteiger charge is 2.39. The smallest absolute Gasteiger partial charge is 0.220 e. The van der Waals surface area contributed by atoms with Crippen LogP contribution in [0.1, 0.15) is 65.4 Å². The number of carbonyl (C=O) groups excluding carboxylic acids is 1. The standard InChI is InChI=1S/C21H34N2O2/c1-16(2)7-8-21(9-11-25-19(12-21)17(3)4)13-20(24)23-15-18-6-5-10-22-14-18/h5-6,10,14,16-17,19H,7-9,11-13,15H2,1-4H3,(H,23,24)/t19-,21-/m1/s1. The molecule has 0 saturated carbocycles. The van der Waals surface area contributed by atoms with E-state index >= 15 is 0 Å². The van der Waals surface area contributed by atoms with E-state index < -0.39 is 0 Å². The fraction of sp³-hybridized carbons (Fsp3) is 0.714. The van der Waals surface area contributed by atoms with Crippen LogP contribution in [0.15, 0.2) is 24.5 Å². The van der Waals surface area contributed by atoms with E-state index in [0.717, 1.165) is 31.4 Å². The molecule has 0 unspecified atom stereocenters. The lowest BCUT2D eigenvalue weighted by Gasteiger charge is -2.42. The van der Waals surface area contributed by atoms with Gasteiger partial charge in [-0.2, -0.15) is 0 Å². The van der Waals surface area contributed by atoms with Gasteiger partial charge in [-0.25, -0.2) is 0 Å². The number of nitrogens with one attached hydrogen (secondary N) is 1. The molecule has 2 rings (SSSR count). The zero-order valence-electron chi connectivity index (χ0n) is 16.3. The summed E-state index contributed by atoms with van der Waals surface area (Å²) >= 11 is 0. The summed E-state index contributed by atoms with van der Waals surface area (Å²) < 4.78 is 5.97. The number of rotatable bonds is 8. The molecular weight excluding hydrogens is 312 g/mol. The Bertz CT molecular complexity index is 530. The van der Waals surface area contributed by atoms with Gasteiger partial charge in [0.25, 0.3) is 0 Å². The summed E-state index contributed by atoms with van der Waals surface area (Å²) in [5, 5.41) is 3.08. The monoisotopic (exact) mass is 346 g/mol. The van der Waals surface area contributed by atoms with Crippen molar-refractivity contribution in [2.75, 3.05) is 6.61 Å². The number of aromatic nitrogens is 1. The molecule has 1 saturated heterocycles. The van der Waals surface area contributed by atoms with Gasteiger partial charge >= 0.3 is 0 Å². The molecule has 1 aromatic rings. The molecule has 1 aliphatic heterocycles. The summed E-state index contributed by atoms with van der Waals surface area (Å²) in [5.74, 6) is 1.31. The summed E-state index contributed by atoms with van der Waals surface area (Å²) in [7, 11) is 0. The number of hydrogen-bond acceptors (Lipinski definition) is 3. The molecule has 4 nitrogen and oxygen atoms in total. The topological polar surface area (TPSA) is 51.2 Å². The van der Waals surface area contributed by atoms with Gasteiger partial charge in [0, 0.05) is 32.0 Å². The number of ether oxygens (including phenoxy) is 1. The second-order valence-electron chi connectivity index (χ2n) is 8.35. The predicted molar refractivity (Wildman–Crippen MR) is 101 cm³/mol. The average Bonchev–Trinajstić information content (AvgIpc) is 2.59. The van der Waals surface area contributed by atoms with Crippen LogP contribution in [0.5, 0.6) is 0 Å². The van der Waals surface area contributed by atoms with Gasteiger partial charge in [-0.05, 0) is 48.1 Å². The van der Waals surface area contributed by atoms with Crippen LogP contribution >= 0.6 is 0 Å². The molecule has 1 aliphatic rings. The fourth-order valence-electron chi connectivity index (χ4n) is 3.62. The van der Waals surface area contributed by atoms with Gasteiger partial charge in [0.15, 0.2) is 0 Å². The van der Waals surface area contributed by atoms with E-state index in [0.29, 0.717) is 24.8 Å². The van der Waals surface area contributed by atoms with Crippen LogP contribution in [0.25, 0.3) is 0 Å². The third kappa shape index (κ3) is 6.43. The third-order valence-electron chi connectivity index (χ3n) is 5.34. The second kappa shape index (κ2) is 9.33. The summed E-state index contributed by atoms with van der Waals surface area (Å²) in [6.45, 7) is 10.3. The highest BCUT2D eigenvalue weighted by atomic mass is 16.5. The Morgan fingerprint density at radius 1 is 1.40 bits per heavy atom. The van der Waals surface area contributed by atoms with Crippen LogP contribution in [0.4, 0.5) is 0 Å². The van der Waals surface area contributed by atoms with Crippen LogP contribution < -0.4 is 5.32 Å². The van der Waals surface area contributed by atoms with E-state index in [9.17, 15) is 4.79 Å². The molecular formula is C21H34N2O2. The first kappa shape index (κ1) is 19.9. The first-order valence-corrected chi connectivity index (χ1v) is 9.67. The molecule has 0 spiro atoms. The summed E-state index contributed by atoms with van der Waals surface area (Å²) in [5.41, 5.74) is 1.12. The molecule has 0 aliphatic carbocycles. The number of amides is 1. The minimum atomic E-state index is 0.0798. The van der Waals surface area contributed by atoms with Crippen LogP contribution in [0, 0.1) is 17.3 Å². The first-order chi connectivity index (χ1) is 11.9. The van der Waals surface area contributed by atoms with E-state index in [1.807, 2.05) is 12.1 Å². The molecule has 0 aromatic carbocycles. The van der Waals surface area contributed by atoms with Crippen LogP contribution in [0.2, 0.25) is 0 Å². The number of hydrogen-bond donors (Lipinski definition) is 1. The Kier molecular flexibility index (Phi) is 7.42. The van der Waals surface area contributed by atoms with Crippen molar-refractivity contribution in [3.05, 3.63) is 30.1 Å². The average molecular weight is 347 g/mol. The van der Waals surface area contributed by atoms with Crippen molar-refractivity contribution in [1.29, 1.82) is 0 Å². The first-order valence-electron chi connectivity index (χ1n) is 9.67. The highest BCUT2D eigenvalue weighted by molar-refractivity contribution is 5.76. The summed E-state index contributed by atoms with van der Waals surface area (Å²) in [6, 6.07) is 3.89. The molecule has 25 heavy (non-hydrogen) atoms. The van der Waals surface area contributed by atoms with Crippen molar-refractivity contribution in [2.24, 2.45) is 17.3 Å². The quantitative estimate of drug-likeness (QED) is 0.761. The Hall–Kier alpha value is -1.42. The lowest BCUT2D eigenvalue weighted by atomic mass is 9.69. The van der Waals surface area contributed by atoms with Gasteiger partial charge in [-0.1, -0.05) is 40.2 Å². The van der Waals surface area contributed by atoms with Gasteiger partial charge in [0.2, 0.25) is 5.91 Å². The molecule has 4 heteroatoms. The van der Waals surface area contributed by atoms with Crippen LogP contribution in [0.3, 0.4) is 0 Å². The minimum absolute atomic E-state index is 0.0798. The van der Waals surface area contributed by atoms with Crippen molar-refractivity contribution in [3.8, 4) is 0 Å². The van der Waals surface area contributed by atoms with Crippen molar-refractivity contribution < 1.29 is 9.53 Å². The summed E-state index contributed by atoms with van der Waals surface area (Å²) in [6.07, 6.45) is 8.69. The largest absolute Gasteiger partial charge is 0.378 e. The maximum atomic E-state index is 12.6. The lowest BCUT2D eigenvalue weighted by Crippen LogP contribution is -2.41. The molecule has 1 fully saturated rings. The van der Waals surface area contributed by atoms with Gasteiger partial charge in [-0.15, -0.1) is 0 Å². The second-order valence-corrected chi connectivity index (χ2v) is 8.35. The molecule has 0 radical (unpaired) electrons. The Balaban J connectivity index is 1.98. The highest BCUT2D eigenvalue weighted by Crippen LogP contribution is 2.43. The summed E-state index contributed by atoms with van der Waals surface area (Å²) in [4.78, 5) is 16.7. The number of pyridine rings is 1. The molecule has 2 heterocycles. The zero-order chi connectivity index (χ0) is 18.3. The van der Waals surface area contributed by atoms with Gasteiger partial charge in [-0.3, -0.25) is 9.78 Å². The van der Waals surface area contributed by atoms with Crippen molar-refractivity contribution in [2.45, 2.75) is 72.4 Å². The predicted octanol–water partition coefficient (Wildman–Crippen LogP) is 4.35. The molecule has 140 valence electrons. The van der Waals surface area contributed by atoms with Crippen molar-refractivity contribution in [1.82, 2.24) is 10.3 Å². The van der Waals surface area contributed by atoms with E-state index in [1.54, 1.807) is 12.4 Å². The normalized spacial score (nSPS) is 23.8. The molecule has 1 N–H and O–H groups in total. The van der Waals surface area contributed by atoms with Crippen LogP contribution in [-0.2, 0) is 16.1 Å². The number of carbonyl (C=O) groups is 1. The Morgan fingerprint density at radius 3 is 2.84 bits per heavy atom. The molecule has 1 amide bonds. The van der Waals surface area contributed by atoms with Crippen molar-refractivity contribution >= 4 is 5.91 Å². The van der Waals surface area contributed by atoms with E-state index in [1.165, 1.54) is 6.42 Å². The van der Waals surface area contributed by atoms with E-state index in [4.69, 9.17) is 4.74 Å². The Morgan fingerprint density at radius 2 is 2.20 bits per heavy atom. The fourth-order valence-corrected chi connectivity index (χ4v) is 3.62. The van der Waals surface area contributed by atoms with Gasteiger partial charge in [0.1, 0.15) is 0 Å². The van der Waals surface area contributed by atoms with Crippen molar-refractivity contribution in [3.63, 3.8) is 0 Å². The van der Waals surface area contributed by atoms with E-state index in [2.05, 4.69) is 38.0 Å². The van der Waals surface area contributed by atoms with Crippen LogP contribution in [-0.4, -0.2) is 23.6 Å².